The summed E-state index contributed by atoms with van der Waals surface area (Å²) < 4.78 is 4.35. The molecule has 0 saturated heterocycles. The number of carbonyl (C=O) groups excluding carboxylic acids is 1. The van der Waals surface area contributed by atoms with Crippen molar-refractivity contribution in [2.75, 3.05) is 5.32 Å². The molecule has 0 unspecified atom stereocenters. The summed E-state index contributed by atoms with van der Waals surface area (Å²) in [5, 5.41) is 4.31. The second kappa shape index (κ2) is 7.27. The molecule has 1 aromatic carbocycles. The Kier molecular flexibility index (Phi) is 4.92. The molecule has 4 rings (SSSR count). The first-order chi connectivity index (χ1) is 13.7. The van der Waals surface area contributed by atoms with Gasteiger partial charge in [-0.15, -0.1) is 11.3 Å². The van der Waals surface area contributed by atoms with Gasteiger partial charge in [-0.25, -0.2) is 9.97 Å². The number of aromatic nitrogens is 4. The van der Waals surface area contributed by atoms with E-state index in [0.717, 1.165) is 32.9 Å². The van der Waals surface area contributed by atoms with Crippen molar-refractivity contribution in [2.24, 2.45) is 0 Å². The summed E-state index contributed by atoms with van der Waals surface area (Å²) >= 11 is 2.56. The molecule has 8 heteroatoms. The van der Waals surface area contributed by atoms with E-state index in [1.165, 1.54) is 22.9 Å². The smallest absolute Gasteiger partial charge is 0.267 e. The molecule has 0 aliphatic carbocycles. The molecular formula is C21H21N5OS2. The van der Waals surface area contributed by atoms with Crippen LogP contribution in [0.5, 0.6) is 0 Å². The van der Waals surface area contributed by atoms with E-state index in [1.807, 2.05) is 44.2 Å². The predicted molar refractivity (Wildman–Crippen MR) is 119 cm³/mol. The molecule has 0 fully saturated rings. The van der Waals surface area contributed by atoms with Crippen LogP contribution in [0.2, 0.25) is 0 Å². The van der Waals surface area contributed by atoms with E-state index >= 15 is 0 Å². The number of rotatable bonds is 3. The number of fused-ring (bicyclic) bond motifs is 1. The van der Waals surface area contributed by atoms with Gasteiger partial charge in [-0.1, -0.05) is 51.1 Å². The van der Waals surface area contributed by atoms with Crippen LogP contribution in [0.1, 0.15) is 47.5 Å². The Morgan fingerprint density at radius 1 is 1.03 bits per heavy atom. The lowest BCUT2D eigenvalue weighted by Gasteiger charge is -2.16. The summed E-state index contributed by atoms with van der Waals surface area (Å²) in [5.74, 6) is 1.20. The Balaban J connectivity index is 1.65. The third-order valence-corrected chi connectivity index (χ3v) is 6.34. The molecule has 0 aliphatic heterocycles. The minimum absolute atomic E-state index is 0.153. The van der Waals surface area contributed by atoms with Gasteiger partial charge in [-0.3, -0.25) is 10.1 Å². The molecule has 4 aromatic rings. The van der Waals surface area contributed by atoms with Crippen LogP contribution < -0.4 is 5.32 Å². The van der Waals surface area contributed by atoms with Crippen molar-refractivity contribution in [3.63, 3.8) is 0 Å². The Hall–Kier alpha value is -2.71. The summed E-state index contributed by atoms with van der Waals surface area (Å²) in [7, 11) is 0. The molecule has 3 aromatic heterocycles. The van der Waals surface area contributed by atoms with Gasteiger partial charge in [0.15, 0.2) is 5.82 Å². The second-order valence-electron chi connectivity index (χ2n) is 7.86. The lowest BCUT2D eigenvalue weighted by Crippen LogP contribution is -2.16. The van der Waals surface area contributed by atoms with Crippen LogP contribution in [0.15, 0.2) is 30.3 Å². The minimum Gasteiger partial charge on any atom is -0.296 e. The van der Waals surface area contributed by atoms with E-state index in [9.17, 15) is 4.79 Å². The van der Waals surface area contributed by atoms with Crippen molar-refractivity contribution < 1.29 is 4.79 Å². The maximum Gasteiger partial charge on any atom is 0.267 e. The van der Waals surface area contributed by atoms with E-state index in [4.69, 9.17) is 4.98 Å². The van der Waals surface area contributed by atoms with Crippen LogP contribution in [0.4, 0.5) is 5.13 Å². The summed E-state index contributed by atoms with van der Waals surface area (Å²) in [4.78, 5) is 28.2. The Morgan fingerprint density at radius 2 is 1.76 bits per heavy atom. The average molecular weight is 424 g/mol. The van der Waals surface area contributed by atoms with Crippen LogP contribution in [0.25, 0.3) is 21.6 Å². The van der Waals surface area contributed by atoms with Gasteiger partial charge in [0.1, 0.15) is 10.7 Å². The zero-order valence-electron chi connectivity index (χ0n) is 16.9. The summed E-state index contributed by atoms with van der Waals surface area (Å²) in [6, 6.07) is 9.70. The highest BCUT2D eigenvalue weighted by Crippen LogP contribution is 2.34. The average Bonchev–Trinajstić information content (AvgIpc) is 3.26. The summed E-state index contributed by atoms with van der Waals surface area (Å²) in [6.45, 7) is 10.2. The molecule has 29 heavy (non-hydrogen) atoms. The topological polar surface area (TPSA) is 80.7 Å². The lowest BCUT2D eigenvalue weighted by atomic mass is 9.95. The van der Waals surface area contributed by atoms with E-state index in [2.05, 4.69) is 40.4 Å². The molecule has 0 saturated carbocycles. The number of nitrogens with zero attached hydrogens (tertiary/aromatic N) is 4. The summed E-state index contributed by atoms with van der Waals surface area (Å²) in [6.07, 6.45) is 0. The van der Waals surface area contributed by atoms with Crippen LogP contribution in [0.3, 0.4) is 0 Å². The van der Waals surface area contributed by atoms with Crippen LogP contribution in [-0.2, 0) is 5.41 Å². The van der Waals surface area contributed by atoms with Gasteiger partial charge in [0.25, 0.3) is 5.91 Å². The number of anilines is 1. The van der Waals surface area contributed by atoms with Gasteiger partial charge < -0.3 is 0 Å². The fraction of sp³-hybridized carbons (Fsp3) is 0.286. The molecule has 3 heterocycles. The van der Waals surface area contributed by atoms with Crippen molar-refractivity contribution in [2.45, 2.75) is 40.0 Å². The largest absolute Gasteiger partial charge is 0.296 e. The number of benzene rings is 1. The SMILES string of the molecule is Cc1nc(C(C)(C)C)nc2sc(C(=O)Nc3nc(-c4ccccc4)ns3)c(C)c12. The van der Waals surface area contributed by atoms with Crippen molar-refractivity contribution in [1.29, 1.82) is 0 Å². The third kappa shape index (κ3) is 3.77. The number of hydrogen-bond donors (Lipinski definition) is 1. The van der Waals surface area contributed by atoms with Crippen molar-refractivity contribution in [1.82, 2.24) is 19.3 Å². The summed E-state index contributed by atoms with van der Waals surface area (Å²) in [5.41, 5.74) is 2.56. The fourth-order valence-corrected chi connectivity index (χ4v) is 4.74. The van der Waals surface area contributed by atoms with Gasteiger partial charge in [-0.2, -0.15) is 9.36 Å². The van der Waals surface area contributed by atoms with Gasteiger partial charge >= 0.3 is 0 Å². The van der Waals surface area contributed by atoms with Gasteiger partial charge in [0.2, 0.25) is 5.13 Å². The maximum absolute atomic E-state index is 12.9. The Labute approximate surface area is 177 Å². The van der Waals surface area contributed by atoms with E-state index in [1.54, 1.807) is 0 Å². The van der Waals surface area contributed by atoms with E-state index < -0.39 is 0 Å². The predicted octanol–water partition coefficient (Wildman–Crippen LogP) is 5.38. The van der Waals surface area contributed by atoms with Crippen molar-refractivity contribution >= 4 is 44.1 Å². The molecule has 0 radical (unpaired) electrons. The third-order valence-electron chi connectivity index (χ3n) is 4.53. The molecule has 0 aliphatic rings. The monoisotopic (exact) mass is 423 g/mol. The molecule has 0 bridgehead atoms. The first kappa shape index (κ1) is 19.6. The molecule has 6 nitrogen and oxygen atoms in total. The molecule has 0 atom stereocenters. The second-order valence-corrected chi connectivity index (χ2v) is 9.61. The number of amides is 1. The molecule has 0 spiro atoms. The highest BCUT2D eigenvalue weighted by atomic mass is 32.1. The van der Waals surface area contributed by atoms with Crippen molar-refractivity contribution in [3.05, 3.63) is 52.3 Å². The standard InChI is InChI=1S/C21H21N5OS2/c1-11-14-12(2)22-19(21(3,4)5)25-18(14)28-15(11)17(27)24-20-23-16(26-29-20)13-9-7-6-8-10-13/h6-10H,1-5H3,(H,23,24,26,27). The van der Waals surface area contributed by atoms with E-state index in [0.29, 0.717) is 15.8 Å². The van der Waals surface area contributed by atoms with Crippen LogP contribution in [-0.4, -0.2) is 25.2 Å². The van der Waals surface area contributed by atoms with Crippen molar-refractivity contribution in [3.8, 4) is 11.4 Å². The quantitative estimate of drug-likeness (QED) is 0.479. The fourth-order valence-electron chi connectivity index (χ4n) is 3.02. The zero-order valence-corrected chi connectivity index (χ0v) is 18.5. The lowest BCUT2D eigenvalue weighted by molar-refractivity contribution is 0.103. The maximum atomic E-state index is 12.9. The minimum atomic E-state index is -0.196. The van der Waals surface area contributed by atoms with Crippen LogP contribution >= 0.6 is 22.9 Å². The number of aryl methyl sites for hydroxylation is 2. The van der Waals surface area contributed by atoms with Crippen LogP contribution in [0, 0.1) is 13.8 Å². The Morgan fingerprint density at radius 3 is 2.45 bits per heavy atom. The van der Waals surface area contributed by atoms with E-state index in [-0.39, 0.29) is 11.3 Å². The van der Waals surface area contributed by atoms with Gasteiger partial charge in [0, 0.05) is 27.9 Å². The first-order valence-electron chi connectivity index (χ1n) is 9.23. The Bertz CT molecular complexity index is 1210. The number of nitrogens with one attached hydrogen (secondary N) is 1. The normalized spacial score (nSPS) is 11.8. The van der Waals surface area contributed by atoms with Gasteiger partial charge in [-0.05, 0) is 19.4 Å². The van der Waals surface area contributed by atoms with Gasteiger partial charge in [0.05, 0.1) is 10.6 Å². The highest BCUT2D eigenvalue weighted by Gasteiger charge is 2.24. The molecule has 1 amide bonds. The molecule has 148 valence electrons. The number of hydrogen-bond acceptors (Lipinski definition) is 7. The molecular weight excluding hydrogens is 402 g/mol. The first-order valence-corrected chi connectivity index (χ1v) is 10.8. The number of carbonyl (C=O) groups is 1. The highest BCUT2D eigenvalue weighted by molar-refractivity contribution is 7.20. The number of thiophene rings is 1. The molecule has 1 N–H and O–H groups in total. The zero-order chi connectivity index (χ0) is 20.8.